The molecule has 0 saturated heterocycles. The van der Waals surface area contributed by atoms with Crippen molar-refractivity contribution in [1.29, 1.82) is 0 Å². The third kappa shape index (κ3) is 4.97. The van der Waals surface area contributed by atoms with Gasteiger partial charge in [-0.25, -0.2) is 9.18 Å². The van der Waals surface area contributed by atoms with Crippen LogP contribution in [0.15, 0.2) is 47.4 Å². The zero-order valence-electron chi connectivity index (χ0n) is 12.1. The number of ether oxygens (including phenoxy) is 1. The van der Waals surface area contributed by atoms with Crippen molar-refractivity contribution in [1.82, 2.24) is 0 Å². The molecule has 0 aliphatic heterocycles. The van der Waals surface area contributed by atoms with E-state index in [1.165, 1.54) is 37.1 Å². The molecule has 0 bridgehead atoms. The average Bonchev–Trinajstić information content (AvgIpc) is 2.55. The van der Waals surface area contributed by atoms with Crippen molar-refractivity contribution in [3.8, 4) is 0 Å². The Kier molecular flexibility index (Phi) is 6.01. The SMILES string of the molecule is COC(=O)c1cccc(NC(=O)CSc2ccc(F)c(Cl)c2)c1. The molecule has 0 aliphatic rings. The second-order valence-electron chi connectivity index (χ2n) is 4.49. The number of hydrogen-bond donors (Lipinski definition) is 1. The predicted molar refractivity (Wildman–Crippen MR) is 88.5 cm³/mol. The molecule has 4 nitrogen and oxygen atoms in total. The first-order chi connectivity index (χ1) is 11.0. The van der Waals surface area contributed by atoms with E-state index in [-0.39, 0.29) is 16.7 Å². The molecule has 2 aromatic carbocycles. The number of thioether (sulfide) groups is 1. The molecule has 0 unspecified atom stereocenters. The van der Waals surface area contributed by atoms with E-state index in [0.717, 1.165) is 0 Å². The van der Waals surface area contributed by atoms with E-state index < -0.39 is 11.8 Å². The van der Waals surface area contributed by atoms with Gasteiger partial charge in [-0.15, -0.1) is 11.8 Å². The fourth-order valence-electron chi connectivity index (χ4n) is 1.75. The monoisotopic (exact) mass is 353 g/mol. The van der Waals surface area contributed by atoms with Crippen LogP contribution in [0.25, 0.3) is 0 Å². The summed E-state index contributed by atoms with van der Waals surface area (Å²) in [6.45, 7) is 0. The summed E-state index contributed by atoms with van der Waals surface area (Å²) in [5, 5.41) is 2.70. The Labute approximate surface area is 142 Å². The van der Waals surface area contributed by atoms with Gasteiger partial charge in [0, 0.05) is 10.6 Å². The maximum atomic E-state index is 13.1. The first-order valence-electron chi connectivity index (χ1n) is 6.55. The molecule has 1 amide bonds. The number of carbonyl (C=O) groups excluding carboxylic acids is 2. The number of amides is 1. The highest BCUT2D eigenvalue weighted by atomic mass is 35.5. The van der Waals surface area contributed by atoms with Gasteiger partial charge >= 0.3 is 5.97 Å². The molecule has 0 aliphatic carbocycles. The van der Waals surface area contributed by atoms with Crippen LogP contribution in [0.2, 0.25) is 5.02 Å². The highest BCUT2D eigenvalue weighted by Crippen LogP contribution is 2.24. The van der Waals surface area contributed by atoms with Crippen LogP contribution in [0.5, 0.6) is 0 Å². The topological polar surface area (TPSA) is 55.4 Å². The van der Waals surface area contributed by atoms with Gasteiger partial charge < -0.3 is 10.1 Å². The number of nitrogens with one attached hydrogen (secondary N) is 1. The molecule has 0 aromatic heterocycles. The Balaban J connectivity index is 1.94. The fraction of sp³-hybridized carbons (Fsp3) is 0.125. The van der Waals surface area contributed by atoms with Crippen LogP contribution in [0.3, 0.4) is 0 Å². The third-order valence-electron chi connectivity index (χ3n) is 2.83. The fourth-order valence-corrected chi connectivity index (χ4v) is 2.73. The van der Waals surface area contributed by atoms with Crippen LogP contribution in [0.4, 0.5) is 10.1 Å². The second kappa shape index (κ2) is 7.99. The van der Waals surface area contributed by atoms with Gasteiger partial charge in [-0.05, 0) is 36.4 Å². The molecule has 0 heterocycles. The lowest BCUT2D eigenvalue weighted by molar-refractivity contribution is -0.113. The number of halogens is 2. The van der Waals surface area contributed by atoms with Crippen molar-refractivity contribution in [3.05, 3.63) is 58.9 Å². The molecule has 0 radical (unpaired) electrons. The summed E-state index contributed by atoms with van der Waals surface area (Å²) >= 11 is 6.92. The zero-order chi connectivity index (χ0) is 16.8. The highest BCUT2D eigenvalue weighted by Gasteiger charge is 2.09. The van der Waals surface area contributed by atoms with Crippen LogP contribution in [0, 0.1) is 5.82 Å². The summed E-state index contributed by atoms with van der Waals surface area (Å²) in [5.41, 5.74) is 0.846. The van der Waals surface area contributed by atoms with Gasteiger partial charge in [0.2, 0.25) is 5.91 Å². The summed E-state index contributed by atoms with van der Waals surface area (Å²) in [6.07, 6.45) is 0. The van der Waals surface area contributed by atoms with Crippen LogP contribution in [-0.4, -0.2) is 24.7 Å². The normalized spacial score (nSPS) is 10.2. The minimum atomic E-state index is -0.500. The molecule has 0 spiro atoms. The minimum Gasteiger partial charge on any atom is -0.465 e. The number of methoxy groups -OCH3 is 1. The number of hydrogen-bond acceptors (Lipinski definition) is 4. The highest BCUT2D eigenvalue weighted by molar-refractivity contribution is 8.00. The van der Waals surface area contributed by atoms with Gasteiger partial charge in [-0.2, -0.15) is 0 Å². The smallest absolute Gasteiger partial charge is 0.337 e. The summed E-state index contributed by atoms with van der Waals surface area (Å²) in [4.78, 5) is 24.1. The van der Waals surface area contributed by atoms with Crippen molar-refractivity contribution in [2.75, 3.05) is 18.2 Å². The molecular weight excluding hydrogens is 341 g/mol. The van der Waals surface area contributed by atoms with Crippen LogP contribution < -0.4 is 5.32 Å². The van der Waals surface area contributed by atoms with Gasteiger partial charge in [0.1, 0.15) is 5.82 Å². The number of carbonyl (C=O) groups is 2. The molecule has 0 saturated carbocycles. The van der Waals surface area contributed by atoms with E-state index in [1.807, 2.05) is 0 Å². The average molecular weight is 354 g/mol. The van der Waals surface area contributed by atoms with Gasteiger partial charge in [-0.3, -0.25) is 4.79 Å². The number of esters is 1. The largest absolute Gasteiger partial charge is 0.465 e. The Hall–Kier alpha value is -2.05. The van der Waals surface area contributed by atoms with E-state index in [9.17, 15) is 14.0 Å². The van der Waals surface area contributed by atoms with Gasteiger partial charge in [0.15, 0.2) is 0 Å². The molecule has 2 rings (SSSR count). The quantitative estimate of drug-likeness (QED) is 0.652. The summed E-state index contributed by atoms with van der Waals surface area (Å²) in [6, 6.07) is 10.7. The third-order valence-corrected chi connectivity index (χ3v) is 4.11. The predicted octanol–water partition coefficient (Wildman–Crippen LogP) is 4.00. The van der Waals surface area contributed by atoms with Gasteiger partial charge in [-0.1, -0.05) is 17.7 Å². The van der Waals surface area contributed by atoms with E-state index in [4.69, 9.17) is 11.6 Å². The van der Waals surface area contributed by atoms with Gasteiger partial charge in [0.25, 0.3) is 0 Å². The van der Waals surface area contributed by atoms with Crippen molar-refractivity contribution in [2.24, 2.45) is 0 Å². The Morgan fingerprint density at radius 1 is 1.26 bits per heavy atom. The molecule has 0 fully saturated rings. The Morgan fingerprint density at radius 3 is 2.74 bits per heavy atom. The lowest BCUT2D eigenvalue weighted by Gasteiger charge is -2.07. The van der Waals surface area contributed by atoms with Crippen molar-refractivity contribution < 1.29 is 18.7 Å². The van der Waals surface area contributed by atoms with Crippen LogP contribution >= 0.6 is 23.4 Å². The maximum absolute atomic E-state index is 13.1. The van der Waals surface area contributed by atoms with Crippen molar-refractivity contribution >= 4 is 40.9 Å². The van der Waals surface area contributed by atoms with Crippen molar-refractivity contribution in [2.45, 2.75) is 4.90 Å². The first kappa shape index (κ1) is 17.3. The summed E-state index contributed by atoms with van der Waals surface area (Å²) in [5.74, 6) is -1.10. The lowest BCUT2D eigenvalue weighted by Crippen LogP contribution is -2.14. The number of anilines is 1. The van der Waals surface area contributed by atoms with E-state index in [0.29, 0.717) is 16.1 Å². The zero-order valence-corrected chi connectivity index (χ0v) is 13.7. The minimum absolute atomic E-state index is 0.0150. The molecule has 120 valence electrons. The van der Waals surface area contributed by atoms with E-state index in [1.54, 1.807) is 24.3 Å². The van der Waals surface area contributed by atoms with Gasteiger partial charge in [0.05, 0.1) is 23.4 Å². The standard InChI is InChI=1S/C16H13ClFNO3S/c1-22-16(21)10-3-2-4-11(7-10)19-15(20)9-23-12-5-6-14(18)13(17)8-12/h2-8H,9H2,1H3,(H,19,20). The maximum Gasteiger partial charge on any atom is 0.337 e. The summed E-state index contributed by atoms with van der Waals surface area (Å²) in [7, 11) is 1.29. The van der Waals surface area contributed by atoms with Crippen molar-refractivity contribution in [3.63, 3.8) is 0 Å². The Bertz CT molecular complexity index is 739. The first-order valence-corrected chi connectivity index (χ1v) is 7.92. The molecule has 1 N–H and O–H groups in total. The molecule has 0 atom stereocenters. The van der Waals surface area contributed by atoms with E-state index >= 15 is 0 Å². The lowest BCUT2D eigenvalue weighted by atomic mass is 10.2. The summed E-state index contributed by atoms with van der Waals surface area (Å²) < 4.78 is 17.7. The Morgan fingerprint density at radius 2 is 2.04 bits per heavy atom. The molecule has 23 heavy (non-hydrogen) atoms. The molecular formula is C16H13ClFNO3S. The van der Waals surface area contributed by atoms with Crippen LogP contribution in [0.1, 0.15) is 10.4 Å². The number of benzene rings is 2. The number of rotatable bonds is 5. The van der Waals surface area contributed by atoms with Crippen LogP contribution in [-0.2, 0) is 9.53 Å². The molecule has 7 heteroatoms. The second-order valence-corrected chi connectivity index (χ2v) is 5.94. The van der Waals surface area contributed by atoms with E-state index in [2.05, 4.69) is 10.1 Å². The molecule has 2 aromatic rings.